The van der Waals surface area contributed by atoms with E-state index in [4.69, 9.17) is 11.6 Å². The largest absolute Gasteiger partial charge is 0.339 e. The predicted molar refractivity (Wildman–Crippen MR) is 94.7 cm³/mol. The smallest absolute Gasteiger partial charge is 0.222 e. The van der Waals surface area contributed by atoms with Crippen molar-refractivity contribution in [2.75, 3.05) is 20.1 Å². The molecule has 1 aromatic rings. The normalized spacial score (nSPS) is 16.7. The Morgan fingerprint density at radius 1 is 1.32 bits per heavy atom. The highest BCUT2D eigenvalue weighted by Gasteiger charge is 2.19. The van der Waals surface area contributed by atoms with Crippen LogP contribution in [-0.4, -0.2) is 30.9 Å². The molecule has 22 heavy (non-hydrogen) atoms. The number of hydrogen-bond donors (Lipinski definition) is 1. The Kier molecular flexibility index (Phi) is 8.23. The fourth-order valence-corrected chi connectivity index (χ4v) is 2.98. The van der Waals surface area contributed by atoms with Crippen molar-refractivity contribution in [3.05, 3.63) is 34.9 Å². The zero-order valence-electron chi connectivity index (χ0n) is 13.3. The van der Waals surface area contributed by atoms with Crippen molar-refractivity contribution in [1.82, 2.24) is 10.2 Å². The van der Waals surface area contributed by atoms with Gasteiger partial charge in [0.2, 0.25) is 5.91 Å². The van der Waals surface area contributed by atoms with Gasteiger partial charge in [0.15, 0.2) is 0 Å². The highest BCUT2D eigenvalue weighted by atomic mass is 35.5. The zero-order chi connectivity index (χ0) is 15.2. The van der Waals surface area contributed by atoms with E-state index < -0.39 is 0 Å². The summed E-state index contributed by atoms with van der Waals surface area (Å²) in [5, 5.41) is 4.09. The Morgan fingerprint density at radius 3 is 2.50 bits per heavy atom. The molecule has 1 aliphatic heterocycles. The molecule has 2 rings (SSSR count). The SMILES string of the molecule is CC(c1ccc(Cl)cc1)N(C)C(=O)CCC1CCNCC1.Cl. The molecule has 5 heteroatoms. The number of carbonyl (C=O) groups is 1. The van der Waals surface area contributed by atoms with Crippen molar-refractivity contribution in [3.63, 3.8) is 0 Å². The minimum atomic E-state index is 0. The van der Waals surface area contributed by atoms with Gasteiger partial charge >= 0.3 is 0 Å². The third-order valence-electron chi connectivity index (χ3n) is 4.55. The van der Waals surface area contributed by atoms with E-state index in [1.54, 1.807) is 0 Å². The summed E-state index contributed by atoms with van der Waals surface area (Å²) in [5.74, 6) is 0.936. The molecule has 1 aliphatic rings. The summed E-state index contributed by atoms with van der Waals surface area (Å²) in [4.78, 5) is 14.2. The lowest BCUT2D eigenvalue weighted by Gasteiger charge is -2.27. The van der Waals surface area contributed by atoms with Gasteiger partial charge < -0.3 is 10.2 Å². The van der Waals surface area contributed by atoms with E-state index in [2.05, 4.69) is 12.2 Å². The molecule has 0 saturated carbocycles. The summed E-state index contributed by atoms with van der Waals surface area (Å²) >= 11 is 5.91. The van der Waals surface area contributed by atoms with Gasteiger partial charge in [-0.3, -0.25) is 4.79 Å². The number of rotatable bonds is 5. The van der Waals surface area contributed by atoms with Gasteiger partial charge in [0.25, 0.3) is 0 Å². The van der Waals surface area contributed by atoms with Gasteiger partial charge in [0, 0.05) is 18.5 Å². The molecular formula is C17H26Cl2N2O. The zero-order valence-corrected chi connectivity index (χ0v) is 14.9. The molecular weight excluding hydrogens is 319 g/mol. The number of halogens is 2. The van der Waals surface area contributed by atoms with E-state index >= 15 is 0 Å². The highest BCUT2D eigenvalue weighted by Crippen LogP contribution is 2.23. The fourth-order valence-electron chi connectivity index (χ4n) is 2.86. The molecule has 0 bridgehead atoms. The maximum absolute atomic E-state index is 12.4. The van der Waals surface area contributed by atoms with Gasteiger partial charge in [-0.25, -0.2) is 0 Å². The van der Waals surface area contributed by atoms with Gasteiger partial charge in [0.05, 0.1) is 6.04 Å². The molecule has 0 aromatic heterocycles. The Hall–Kier alpha value is -0.770. The topological polar surface area (TPSA) is 32.3 Å². The Bertz CT molecular complexity index is 458. The van der Waals surface area contributed by atoms with Crippen LogP contribution in [0.1, 0.15) is 44.2 Å². The van der Waals surface area contributed by atoms with Crippen molar-refractivity contribution in [2.45, 2.75) is 38.6 Å². The summed E-state index contributed by atoms with van der Waals surface area (Å²) in [5.41, 5.74) is 1.12. The van der Waals surface area contributed by atoms with Gasteiger partial charge in [-0.15, -0.1) is 12.4 Å². The second-order valence-corrected chi connectivity index (χ2v) is 6.40. The molecule has 1 atom stereocenters. The first-order valence-corrected chi connectivity index (χ1v) is 8.17. The van der Waals surface area contributed by atoms with Crippen molar-refractivity contribution in [2.24, 2.45) is 5.92 Å². The van der Waals surface area contributed by atoms with E-state index in [0.29, 0.717) is 12.3 Å². The second kappa shape index (κ2) is 9.39. The first-order valence-electron chi connectivity index (χ1n) is 7.79. The first-order chi connectivity index (χ1) is 10.1. The minimum Gasteiger partial charge on any atom is -0.339 e. The molecule has 1 heterocycles. The first kappa shape index (κ1) is 19.3. The quantitative estimate of drug-likeness (QED) is 0.873. The van der Waals surface area contributed by atoms with E-state index in [0.717, 1.165) is 30.1 Å². The molecule has 3 nitrogen and oxygen atoms in total. The summed E-state index contributed by atoms with van der Waals surface area (Å²) in [6, 6.07) is 7.82. The summed E-state index contributed by atoms with van der Waals surface area (Å²) in [6.45, 7) is 4.25. The average molecular weight is 345 g/mol. The van der Waals surface area contributed by atoms with E-state index in [9.17, 15) is 4.79 Å². The number of piperidine rings is 1. The Morgan fingerprint density at radius 2 is 1.91 bits per heavy atom. The summed E-state index contributed by atoms with van der Waals surface area (Å²) in [6.07, 6.45) is 4.06. The average Bonchev–Trinajstić information content (AvgIpc) is 2.53. The molecule has 124 valence electrons. The molecule has 0 spiro atoms. The predicted octanol–water partition coefficient (Wildman–Crippen LogP) is 4.06. The summed E-state index contributed by atoms with van der Waals surface area (Å²) < 4.78 is 0. The molecule has 1 aromatic carbocycles. The second-order valence-electron chi connectivity index (χ2n) is 5.96. The van der Waals surface area contributed by atoms with Gasteiger partial charge in [-0.1, -0.05) is 23.7 Å². The van der Waals surface area contributed by atoms with Crippen LogP contribution in [0.15, 0.2) is 24.3 Å². The Labute approximate surface area is 144 Å². The maximum atomic E-state index is 12.4. The van der Waals surface area contributed by atoms with Gasteiger partial charge in [-0.2, -0.15) is 0 Å². The van der Waals surface area contributed by atoms with Crippen molar-refractivity contribution < 1.29 is 4.79 Å². The van der Waals surface area contributed by atoms with Crippen LogP contribution in [0.5, 0.6) is 0 Å². The number of hydrogen-bond acceptors (Lipinski definition) is 2. The van der Waals surface area contributed by atoms with E-state index in [1.807, 2.05) is 36.2 Å². The van der Waals surface area contributed by atoms with Crippen LogP contribution < -0.4 is 5.32 Å². The monoisotopic (exact) mass is 344 g/mol. The van der Waals surface area contributed by atoms with Gasteiger partial charge in [0.1, 0.15) is 0 Å². The lowest BCUT2D eigenvalue weighted by molar-refractivity contribution is -0.132. The number of amides is 1. The third-order valence-corrected chi connectivity index (χ3v) is 4.80. The van der Waals surface area contributed by atoms with Crippen LogP contribution in [0.4, 0.5) is 0 Å². The van der Waals surface area contributed by atoms with E-state index in [-0.39, 0.29) is 24.4 Å². The van der Waals surface area contributed by atoms with Crippen LogP contribution in [0.25, 0.3) is 0 Å². The molecule has 1 amide bonds. The Balaban J connectivity index is 0.00000242. The van der Waals surface area contributed by atoms with Crippen molar-refractivity contribution in [3.8, 4) is 0 Å². The van der Waals surface area contributed by atoms with Crippen molar-refractivity contribution >= 4 is 29.9 Å². The van der Waals surface area contributed by atoms with Gasteiger partial charge in [-0.05, 0) is 62.9 Å². The molecule has 0 radical (unpaired) electrons. The number of nitrogens with zero attached hydrogens (tertiary/aromatic N) is 1. The maximum Gasteiger partial charge on any atom is 0.222 e. The summed E-state index contributed by atoms with van der Waals surface area (Å²) in [7, 11) is 1.89. The highest BCUT2D eigenvalue weighted by molar-refractivity contribution is 6.30. The van der Waals surface area contributed by atoms with E-state index in [1.165, 1.54) is 12.8 Å². The van der Waals surface area contributed by atoms with Crippen molar-refractivity contribution in [1.29, 1.82) is 0 Å². The van der Waals surface area contributed by atoms with Crippen LogP contribution in [0, 0.1) is 5.92 Å². The minimum absolute atomic E-state index is 0. The molecule has 1 fully saturated rings. The molecule has 1 N–H and O–H groups in total. The lowest BCUT2D eigenvalue weighted by atomic mass is 9.93. The number of carbonyl (C=O) groups excluding carboxylic acids is 1. The van der Waals surface area contributed by atoms with Crippen LogP contribution in [-0.2, 0) is 4.79 Å². The third kappa shape index (κ3) is 5.45. The standard InChI is InChI=1S/C17H25ClN2O.ClH/c1-13(15-4-6-16(18)7-5-15)20(2)17(21)8-3-14-9-11-19-12-10-14;/h4-7,13-14,19H,3,8-12H2,1-2H3;1H. The van der Waals surface area contributed by atoms with Crippen LogP contribution in [0.2, 0.25) is 5.02 Å². The molecule has 0 aliphatic carbocycles. The fraction of sp³-hybridized carbons (Fsp3) is 0.588. The lowest BCUT2D eigenvalue weighted by Crippen LogP contribution is -2.31. The number of benzene rings is 1. The number of nitrogens with one attached hydrogen (secondary N) is 1. The molecule has 1 unspecified atom stereocenters. The van der Waals surface area contributed by atoms with Crippen LogP contribution >= 0.6 is 24.0 Å². The molecule has 1 saturated heterocycles. The van der Waals surface area contributed by atoms with Crippen LogP contribution in [0.3, 0.4) is 0 Å².